The number of anilines is 1. The van der Waals surface area contributed by atoms with Crippen molar-refractivity contribution in [1.82, 2.24) is 20.0 Å². The molecule has 0 saturated carbocycles. The summed E-state index contributed by atoms with van der Waals surface area (Å²) in [6, 6.07) is 14.5. The highest BCUT2D eigenvalue weighted by atomic mass is 35.5. The van der Waals surface area contributed by atoms with Crippen LogP contribution in [0.3, 0.4) is 0 Å². The molecule has 1 N–H and O–H groups in total. The molecular weight excluding hydrogens is 462 g/mol. The molecule has 0 fully saturated rings. The first kappa shape index (κ1) is 22.8. The number of nitrogens with one attached hydrogen (secondary N) is 1. The Bertz CT molecular complexity index is 1420. The van der Waals surface area contributed by atoms with Gasteiger partial charge in [0, 0.05) is 22.5 Å². The minimum absolute atomic E-state index is 0.0894. The van der Waals surface area contributed by atoms with Crippen LogP contribution in [-0.2, 0) is 10.0 Å². The number of halogens is 1. The highest BCUT2D eigenvalue weighted by molar-refractivity contribution is 7.92. The zero-order chi connectivity index (χ0) is 23.8. The molecule has 0 radical (unpaired) electrons. The van der Waals surface area contributed by atoms with Gasteiger partial charge in [-0.2, -0.15) is 5.10 Å². The fraction of sp³-hybridized carbons (Fsp3) is 0.174. The van der Waals surface area contributed by atoms with Gasteiger partial charge >= 0.3 is 0 Å². The van der Waals surface area contributed by atoms with Crippen molar-refractivity contribution >= 4 is 27.3 Å². The zero-order valence-electron chi connectivity index (χ0n) is 18.5. The van der Waals surface area contributed by atoms with Crippen molar-refractivity contribution < 1.29 is 13.2 Å². The molecule has 2 heterocycles. The third-order valence-corrected chi connectivity index (χ3v) is 7.06. The maximum absolute atomic E-state index is 12.6. The van der Waals surface area contributed by atoms with E-state index in [4.69, 9.17) is 16.3 Å². The third kappa shape index (κ3) is 4.84. The lowest BCUT2D eigenvalue weighted by Gasteiger charge is -2.10. The van der Waals surface area contributed by atoms with Gasteiger partial charge in [0.1, 0.15) is 5.75 Å². The van der Waals surface area contributed by atoms with E-state index in [1.54, 1.807) is 47.1 Å². The number of hydrogen-bond acceptors (Lipinski definition) is 6. The SMILES string of the molecule is Cc1ccc(S(=O)(=O)Nc2ccc(Oc3ccc(-n4nc(C)c(C)c4C)nn3)cc2)cc1Cl. The smallest absolute Gasteiger partial charge is 0.261 e. The van der Waals surface area contributed by atoms with E-state index in [9.17, 15) is 8.42 Å². The zero-order valence-corrected chi connectivity index (χ0v) is 20.1. The Balaban J connectivity index is 1.45. The van der Waals surface area contributed by atoms with Crippen molar-refractivity contribution in [3.8, 4) is 17.4 Å². The highest BCUT2D eigenvalue weighted by Crippen LogP contribution is 2.25. The molecule has 33 heavy (non-hydrogen) atoms. The maximum Gasteiger partial charge on any atom is 0.261 e. The van der Waals surface area contributed by atoms with E-state index in [1.165, 1.54) is 12.1 Å². The predicted octanol–water partition coefficient (Wildman–Crippen LogP) is 5.14. The maximum atomic E-state index is 12.6. The average Bonchev–Trinajstić information content (AvgIpc) is 3.04. The number of benzene rings is 2. The fourth-order valence-corrected chi connectivity index (χ4v) is 4.42. The number of ether oxygens (including phenoxy) is 1. The first-order valence-electron chi connectivity index (χ1n) is 10.1. The second kappa shape index (κ2) is 8.84. The normalized spacial score (nSPS) is 11.4. The second-order valence-electron chi connectivity index (χ2n) is 7.58. The Kier molecular flexibility index (Phi) is 6.09. The van der Waals surface area contributed by atoms with Gasteiger partial charge in [-0.1, -0.05) is 17.7 Å². The van der Waals surface area contributed by atoms with Crippen molar-refractivity contribution in [2.24, 2.45) is 0 Å². The molecule has 170 valence electrons. The lowest BCUT2D eigenvalue weighted by molar-refractivity contribution is 0.454. The summed E-state index contributed by atoms with van der Waals surface area (Å²) in [6.45, 7) is 7.75. The summed E-state index contributed by atoms with van der Waals surface area (Å²) < 4.78 is 35.2. The van der Waals surface area contributed by atoms with Gasteiger partial charge in [-0.15, -0.1) is 10.2 Å². The Hall–Kier alpha value is -3.43. The molecule has 0 aliphatic heterocycles. The van der Waals surface area contributed by atoms with Crippen molar-refractivity contribution in [2.45, 2.75) is 32.6 Å². The van der Waals surface area contributed by atoms with Crippen LogP contribution in [0.4, 0.5) is 5.69 Å². The van der Waals surface area contributed by atoms with Crippen LogP contribution in [0.1, 0.15) is 22.5 Å². The summed E-state index contributed by atoms with van der Waals surface area (Å²) in [5, 5.41) is 13.2. The molecule has 0 amide bonds. The van der Waals surface area contributed by atoms with Crippen LogP contribution in [0, 0.1) is 27.7 Å². The van der Waals surface area contributed by atoms with Gasteiger partial charge in [0.25, 0.3) is 10.0 Å². The summed E-state index contributed by atoms with van der Waals surface area (Å²) >= 11 is 6.06. The Labute approximate surface area is 197 Å². The van der Waals surface area contributed by atoms with Crippen LogP contribution >= 0.6 is 11.6 Å². The van der Waals surface area contributed by atoms with Crippen molar-refractivity contribution in [3.63, 3.8) is 0 Å². The molecule has 4 aromatic rings. The van der Waals surface area contributed by atoms with Crippen molar-refractivity contribution in [2.75, 3.05) is 4.72 Å². The van der Waals surface area contributed by atoms with Crippen LogP contribution in [0.25, 0.3) is 5.82 Å². The van der Waals surface area contributed by atoms with E-state index in [-0.39, 0.29) is 4.90 Å². The van der Waals surface area contributed by atoms with E-state index in [0.29, 0.717) is 28.2 Å². The lowest BCUT2D eigenvalue weighted by Crippen LogP contribution is -2.12. The molecule has 0 bridgehead atoms. The molecule has 0 spiro atoms. The summed E-state index contributed by atoms with van der Waals surface area (Å²) in [5.74, 6) is 1.39. The molecule has 4 rings (SSSR count). The number of nitrogens with zero attached hydrogens (tertiary/aromatic N) is 4. The van der Waals surface area contributed by atoms with Crippen LogP contribution in [0.5, 0.6) is 11.6 Å². The lowest BCUT2D eigenvalue weighted by atomic mass is 10.2. The van der Waals surface area contributed by atoms with E-state index in [1.807, 2.05) is 27.7 Å². The molecule has 0 unspecified atom stereocenters. The topological polar surface area (TPSA) is 99.0 Å². The molecule has 2 aromatic carbocycles. The van der Waals surface area contributed by atoms with E-state index in [0.717, 1.165) is 22.5 Å². The molecule has 2 aromatic heterocycles. The molecule has 10 heteroatoms. The molecule has 0 aliphatic rings. The van der Waals surface area contributed by atoms with Crippen LogP contribution < -0.4 is 9.46 Å². The first-order chi connectivity index (χ1) is 15.6. The van der Waals surface area contributed by atoms with Gasteiger partial charge in [-0.25, -0.2) is 13.1 Å². The van der Waals surface area contributed by atoms with Gasteiger partial charge in [0.2, 0.25) is 5.88 Å². The van der Waals surface area contributed by atoms with Crippen LogP contribution in [0.2, 0.25) is 5.02 Å². The second-order valence-corrected chi connectivity index (χ2v) is 9.67. The molecule has 8 nitrogen and oxygen atoms in total. The van der Waals surface area contributed by atoms with Gasteiger partial charge < -0.3 is 4.74 Å². The van der Waals surface area contributed by atoms with E-state index >= 15 is 0 Å². The largest absolute Gasteiger partial charge is 0.438 e. The number of aryl methyl sites for hydroxylation is 2. The van der Waals surface area contributed by atoms with Gasteiger partial charge in [0.05, 0.1) is 10.6 Å². The summed E-state index contributed by atoms with van der Waals surface area (Å²) in [6.07, 6.45) is 0. The monoisotopic (exact) mass is 483 g/mol. The fourth-order valence-electron chi connectivity index (χ4n) is 3.09. The Morgan fingerprint density at radius 2 is 1.67 bits per heavy atom. The minimum Gasteiger partial charge on any atom is -0.438 e. The number of aromatic nitrogens is 4. The van der Waals surface area contributed by atoms with E-state index < -0.39 is 10.0 Å². The predicted molar refractivity (Wildman–Crippen MR) is 127 cm³/mol. The van der Waals surface area contributed by atoms with Crippen molar-refractivity contribution in [3.05, 3.63) is 82.1 Å². The van der Waals surface area contributed by atoms with Gasteiger partial charge in [0.15, 0.2) is 5.82 Å². The van der Waals surface area contributed by atoms with Crippen LogP contribution in [0.15, 0.2) is 59.5 Å². The average molecular weight is 484 g/mol. The standard InChI is InChI=1S/C23H22ClN5O3S/c1-14-5-10-20(13-21(14)24)33(30,31)28-18-6-8-19(9-7-18)32-23-12-11-22(25-26-23)29-17(4)15(2)16(3)27-29/h5-13,28H,1-4H3. The Morgan fingerprint density at radius 3 is 2.24 bits per heavy atom. The van der Waals surface area contributed by atoms with Crippen molar-refractivity contribution in [1.29, 1.82) is 0 Å². The number of hydrogen-bond donors (Lipinski definition) is 1. The number of sulfonamides is 1. The summed E-state index contributed by atoms with van der Waals surface area (Å²) in [7, 11) is -3.77. The Morgan fingerprint density at radius 1 is 0.939 bits per heavy atom. The summed E-state index contributed by atoms with van der Waals surface area (Å²) in [4.78, 5) is 0.0894. The first-order valence-corrected chi connectivity index (χ1v) is 11.9. The highest BCUT2D eigenvalue weighted by Gasteiger charge is 2.16. The summed E-state index contributed by atoms with van der Waals surface area (Å²) in [5.41, 5.74) is 4.24. The molecule has 0 saturated heterocycles. The molecular formula is C23H22ClN5O3S. The molecule has 0 aliphatic carbocycles. The van der Waals surface area contributed by atoms with Gasteiger partial charge in [-0.05, 0) is 81.3 Å². The molecule has 0 atom stereocenters. The number of rotatable bonds is 6. The van der Waals surface area contributed by atoms with Crippen LogP contribution in [-0.4, -0.2) is 28.4 Å². The van der Waals surface area contributed by atoms with Gasteiger partial charge in [-0.3, -0.25) is 4.72 Å². The van der Waals surface area contributed by atoms with E-state index in [2.05, 4.69) is 20.0 Å². The quantitative estimate of drug-likeness (QED) is 0.407. The third-order valence-electron chi connectivity index (χ3n) is 5.28. The minimum atomic E-state index is -3.77.